The van der Waals surface area contributed by atoms with E-state index in [1.54, 1.807) is 30.3 Å². The molecule has 0 fully saturated rings. The Labute approximate surface area is 279 Å². The lowest BCUT2D eigenvalue weighted by atomic mass is 10.0. The van der Waals surface area contributed by atoms with Crippen LogP contribution in [0.1, 0.15) is 11.1 Å². The van der Waals surface area contributed by atoms with Gasteiger partial charge in [-0.25, -0.2) is 4.90 Å². The summed E-state index contributed by atoms with van der Waals surface area (Å²) in [6.45, 7) is 0.324. The van der Waals surface area contributed by atoms with Gasteiger partial charge in [0.05, 0.1) is 27.1 Å². The number of esters is 1. The van der Waals surface area contributed by atoms with Crippen molar-refractivity contribution in [2.24, 2.45) is 0 Å². The highest BCUT2D eigenvalue weighted by atomic mass is 127. The third-order valence-electron chi connectivity index (χ3n) is 5.72. The first-order chi connectivity index (χ1) is 18.6. The van der Waals surface area contributed by atoms with Gasteiger partial charge in [0.1, 0.15) is 17.5 Å². The Kier molecular flexibility index (Phi) is 10.5. The molecule has 0 saturated heterocycles. The molecule has 1 aliphatic heterocycles. The molecule has 3 aromatic carbocycles. The van der Waals surface area contributed by atoms with Crippen molar-refractivity contribution in [3.8, 4) is 17.2 Å². The molecular weight excluding hydrogens is 956 g/mol. The molecule has 1 heterocycles. The van der Waals surface area contributed by atoms with Crippen molar-refractivity contribution in [2.45, 2.75) is 19.0 Å². The highest BCUT2D eigenvalue weighted by Crippen LogP contribution is 2.37. The Morgan fingerprint density at radius 3 is 2.13 bits per heavy atom. The Morgan fingerprint density at radius 2 is 1.54 bits per heavy atom. The Bertz CT molecular complexity index is 1430. The van der Waals surface area contributed by atoms with E-state index in [-0.39, 0.29) is 17.6 Å². The fourth-order valence-corrected chi connectivity index (χ4v) is 7.69. The fraction of sp³-hybridized carbons (Fsp3) is 0.148. The second kappa shape index (κ2) is 13.4. The van der Waals surface area contributed by atoms with Crippen LogP contribution < -0.4 is 15.0 Å². The standard InChI is InChI=1S/C27H20I4N2O6/c1-38-27(37)22(32-13-14-3-2-4-16(7-14)33-23(34)5-6-24(33)35)10-15-8-20(30)26(21(31)9-15)39-17-11-18(28)25(36)19(29)12-17/h2-9,11-12,22,32,36H,10,13H2,1H3/t22-/m0/s1. The van der Waals surface area contributed by atoms with Crippen molar-refractivity contribution in [1.82, 2.24) is 5.32 Å². The molecule has 39 heavy (non-hydrogen) atoms. The second-order valence-corrected chi connectivity index (χ2v) is 13.1. The number of rotatable bonds is 9. The van der Waals surface area contributed by atoms with Crippen molar-refractivity contribution in [1.29, 1.82) is 0 Å². The van der Waals surface area contributed by atoms with E-state index in [2.05, 4.69) is 95.7 Å². The van der Waals surface area contributed by atoms with Crippen LogP contribution in [0.2, 0.25) is 0 Å². The maximum atomic E-state index is 12.6. The predicted molar refractivity (Wildman–Crippen MR) is 180 cm³/mol. The van der Waals surface area contributed by atoms with Gasteiger partial charge in [-0.2, -0.15) is 0 Å². The number of imide groups is 1. The number of carbonyl (C=O) groups excluding carboxylic acids is 3. The molecule has 2 amide bonds. The van der Waals surface area contributed by atoms with Gasteiger partial charge in [0.15, 0.2) is 5.75 Å². The molecule has 0 spiro atoms. The highest BCUT2D eigenvalue weighted by Gasteiger charge is 2.26. The maximum Gasteiger partial charge on any atom is 0.323 e. The number of nitrogens with one attached hydrogen (secondary N) is 1. The number of benzene rings is 3. The number of ether oxygens (including phenoxy) is 2. The van der Waals surface area contributed by atoms with E-state index in [0.29, 0.717) is 37.3 Å². The van der Waals surface area contributed by atoms with Gasteiger partial charge < -0.3 is 19.9 Å². The van der Waals surface area contributed by atoms with E-state index in [9.17, 15) is 19.5 Å². The van der Waals surface area contributed by atoms with Gasteiger partial charge >= 0.3 is 5.97 Å². The lowest BCUT2D eigenvalue weighted by molar-refractivity contribution is -0.143. The zero-order chi connectivity index (χ0) is 28.3. The SMILES string of the molecule is COC(=O)[C@H](Cc1cc(I)c(Oc2cc(I)c(O)c(I)c2)c(I)c1)NCc1cccc(N2C(=O)C=CC2=O)c1. The zero-order valence-corrected chi connectivity index (χ0v) is 28.8. The van der Waals surface area contributed by atoms with Crippen molar-refractivity contribution in [3.63, 3.8) is 0 Å². The number of hydrogen-bond donors (Lipinski definition) is 2. The number of amides is 2. The molecule has 202 valence electrons. The summed E-state index contributed by atoms with van der Waals surface area (Å²) >= 11 is 8.54. The van der Waals surface area contributed by atoms with E-state index < -0.39 is 12.0 Å². The van der Waals surface area contributed by atoms with Crippen LogP contribution in [0.3, 0.4) is 0 Å². The van der Waals surface area contributed by atoms with Gasteiger partial charge in [-0.1, -0.05) is 12.1 Å². The average Bonchev–Trinajstić information content (AvgIpc) is 3.24. The number of hydrogen-bond acceptors (Lipinski definition) is 7. The van der Waals surface area contributed by atoms with Gasteiger partial charge in [-0.05, 0) is 144 Å². The largest absolute Gasteiger partial charge is 0.506 e. The molecule has 8 nitrogen and oxygen atoms in total. The van der Waals surface area contributed by atoms with Crippen molar-refractivity contribution < 1.29 is 29.0 Å². The molecular formula is C27H20I4N2O6. The molecule has 1 atom stereocenters. The summed E-state index contributed by atoms with van der Waals surface area (Å²) < 4.78 is 14.3. The summed E-state index contributed by atoms with van der Waals surface area (Å²) in [6, 6.07) is 13.9. The molecule has 0 bridgehead atoms. The lowest BCUT2D eigenvalue weighted by Gasteiger charge is -2.19. The number of aromatic hydroxyl groups is 1. The predicted octanol–water partition coefficient (Wildman–Crippen LogP) is 5.91. The molecule has 0 unspecified atom stereocenters. The maximum absolute atomic E-state index is 12.6. The molecule has 0 radical (unpaired) electrons. The van der Waals surface area contributed by atoms with E-state index >= 15 is 0 Å². The van der Waals surface area contributed by atoms with E-state index in [4.69, 9.17) is 9.47 Å². The number of nitrogens with zero attached hydrogens (tertiary/aromatic N) is 1. The summed E-state index contributed by atoms with van der Waals surface area (Å²) in [4.78, 5) is 37.8. The molecule has 4 rings (SSSR count). The average molecular weight is 976 g/mol. The minimum Gasteiger partial charge on any atom is -0.506 e. The lowest BCUT2D eigenvalue weighted by Crippen LogP contribution is -2.39. The number of phenols is 1. The Hall–Kier alpha value is -1.51. The molecule has 1 aliphatic rings. The number of methoxy groups -OCH3 is 1. The van der Waals surface area contributed by atoms with Crippen LogP contribution in [0.15, 0.2) is 60.7 Å². The van der Waals surface area contributed by atoms with E-state index in [0.717, 1.165) is 23.2 Å². The smallest absolute Gasteiger partial charge is 0.323 e. The zero-order valence-electron chi connectivity index (χ0n) is 20.2. The summed E-state index contributed by atoms with van der Waals surface area (Å²) in [6.07, 6.45) is 2.86. The van der Waals surface area contributed by atoms with Crippen LogP contribution in [-0.4, -0.2) is 36.0 Å². The quantitative estimate of drug-likeness (QED) is 0.156. The topological polar surface area (TPSA) is 105 Å². The number of carbonyl (C=O) groups is 3. The first-order valence-electron chi connectivity index (χ1n) is 11.4. The summed E-state index contributed by atoms with van der Waals surface area (Å²) in [5, 5.41) is 13.3. The first-order valence-corrected chi connectivity index (χ1v) is 15.7. The minimum absolute atomic E-state index is 0.228. The molecule has 0 aromatic heterocycles. The Morgan fingerprint density at radius 1 is 0.923 bits per heavy atom. The van der Waals surface area contributed by atoms with Gasteiger partial charge in [-0.3, -0.25) is 14.4 Å². The summed E-state index contributed by atoms with van der Waals surface area (Å²) in [5.41, 5.74) is 2.20. The molecule has 2 N–H and O–H groups in total. The second-order valence-electron chi connectivity index (χ2n) is 8.40. The third-order valence-corrected chi connectivity index (χ3v) is 8.97. The van der Waals surface area contributed by atoms with Gasteiger partial charge in [0.2, 0.25) is 0 Å². The Balaban J connectivity index is 1.49. The van der Waals surface area contributed by atoms with Crippen LogP contribution >= 0.6 is 90.4 Å². The minimum atomic E-state index is -0.631. The van der Waals surface area contributed by atoms with Crippen molar-refractivity contribution >= 4 is 114 Å². The summed E-state index contributed by atoms with van der Waals surface area (Å²) in [7, 11) is 1.35. The first kappa shape index (κ1) is 30.4. The summed E-state index contributed by atoms with van der Waals surface area (Å²) in [5.74, 6) is 0.366. The molecule has 12 heteroatoms. The van der Waals surface area contributed by atoms with Gasteiger partial charge in [-0.15, -0.1) is 0 Å². The highest BCUT2D eigenvalue weighted by molar-refractivity contribution is 14.1. The molecule has 3 aromatic rings. The number of phenolic OH excluding ortho intramolecular Hbond substituents is 1. The van der Waals surface area contributed by atoms with Gasteiger partial charge in [0, 0.05) is 18.7 Å². The van der Waals surface area contributed by atoms with Crippen LogP contribution in [0.25, 0.3) is 0 Å². The molecule has 0 aliphatic carbocycles. The van der Waals surface area contributed by atoms with Crippen molar-refractivity contribution in [2.75, 3.05) is 12.0 Å². The number of anilines is 1. The van der Waals surface area contributed by atoms with Gasteiger partial charge in [0.25, 0.3) is 11.8 Å². The fourth-order valence-electron chi connectivity index (χ4n) is 3.86. The van der Waals surface area contributed by atoms with Crippen LogP contribution in [0.5, 0.6) is 17.2 Å². The normalized spacial score (nSPS) is 13.6. The third kappa shape index (κ3) is 7.42. The number of halogens is 4. The van der Waals surface area contributed by atoms with Crippen LogP contribution in [-0.2, 0) is 32.1 Å². The van der Waals surface area contributed by atoms with Crippen LogP contribution in [0.4, 0.5) is 5.69 Å². The molecule has 0 saturated carbocycles. The van der Waals surface area contributed by atoms with E-state index in [1.807, 2.05) is 18.2 Å². The van der Waals surface area contributed by atoms with Crippen molar-refractivity contribution in [3.05, 3.63) is 86.1 Å². The van der Waals surface area contributed by atoms with E-state index in [1.165, 1.54) is 19.3 Å². The van der Waals surface area contributed by atoms with Crippen LogP contribution in [0, 0.1) is 14.3 Å². The monoisotopic (exact) mass is 976 g/mol.